The first kappa shape index (κ1) is 20.8. The Bertz CT molecular complexity index is 1430. The van der Waals surface area contributed by atoms with Gasteiger partial charge in [-0.15, -0.1) is 11.3 Å². The van der Waals surface area contributed by atoms with Crippen molar-refractivity contribution in [2.75, 3.05) is 36.4 Å². The van der Waals surface area contributed by atoms with E-state index in [4.69, 9.17) is 0 Å². The number of pyridine rings is 2. The van der Waals surface area contributed by atoms with Crippen molar-refractivity contribution in [2.45, 2.75) is 6.92 Å². The highest BCUT2D eigenvalue weighted by Gasteiger charge is 2.15. The van der Waals surface area contributed by atoms with E-state index in [1.165, 1.54) is 10.4 Å². The molecule has 1 aliphatic rings. The van der Waals surface area contributed by atoms with Crippen molar-refractivity contribution in [2.24, 2.45) is 0 Å². The summed E-state index contributed by atoms with van der Waals surface area (Å²) in [6.45, 7) is 6.16. The Kier molecular flexibility index (Phi) is 5.44. The number of aryl methyl sites for hydroxylation is 1. The Morgan fingerprint density at radius 3 is 2.68 bits per heavy atom. The molecule has 4 aromatic heterocycles. The van der Waals surface area contributed by atoms with E-state index < -0.39 is 0 Å². The third-order valence-corrected chi connectivity index (χ3v) is 7.20. The van der Waals surface area contributed by atoms with Gasteiger partial charge in [-0.2, -0.15) is 5.10 Å². The third-order valence-electron chi connectivity index (χ3n) is 6.07. The standard InChI is InChI=1S/C26H25N7S/c1-17-3-2-4-22(30-17)26-21(16-29-32-26)24-13-18-15-28-25(14-23(18)34-24)31-19-5-7-20(8-6-19)33-11-9-27-10-12-33/h2-8,13-16,27H,9-12H2,1H3,(H,28,31)(H,29,32). The zero-order valence-corrected chi connectivity index (χ0v) is 19.7. The molecule has 3 N–H and O–H groups in total. The van der Waals surface area contributed by atoms with E-state index in [9.17, 15) is 0 Å². The summed E-state index contributed by atoms with van der Waals surface area (Å²) in [4.78, 5) is 12.9. The average Bonchev–Trinajstić information content (AvgIpc) is 3.52. The molecule has 1 saturated heterocycles. The lowest BCUT2D eigenvalue weighted by Crippen LogP contribution is -2.43. The van der Waals surface area contributed by atoms with Crippen LogP contribution in [0.1, 0.15) is 5.69 Å². The summed E-state index contributed by atoms with van der Waals surface area (Å²) in [5.41, 5.74) is 6.16. The van der Waals surface area contributed by atoms with Gasteiger partial charge in [-0.1, -0.05) is 6.07 Å². The smallest absolute Gasteiger partial charge is 0.131 e. The van der Waals surface area contributed by atoms with Crippen LogP contribution in [0, 0.1) is 6.92 Å². The Morgan fingerprint density at radius 1 is 1.00 bits per heavy atom. The van der Waals surface area contributed by atoms with Gasteiger partial charge >= 0.3 is 0 Å². The number of hydrogen-bond acceptors (Lipinski definition) is 7. The van der Waals surface area contributed by atoms with Crippen LogP contribution in [0.3, 0.4) is 0 Å². The van der Waals surface area contributed by atoms with Gasteiger partial charge in [0.15, 0.2) is 0 Å². The molecule has 5 heterocycles. The number of anilines is 3. The first-order chi connectivity index (χ1) is 16.7. The van der Waals surface area contributed by atoms with Crippen LogP contribution in [0.2, 0.25) is 0 Å². The highest BCUT2D eigenvalue weighted by atomic mass is 32.1. The van der Waals surface area contributed by atoms with E-state index >= 15 is 0 Å². The number of piperazine rings is 1. The fourth-order valence-corrected chi connectivity index (χ4v) is 5.40. The maximum Gasteiger partial charge on any atom is 0.131 e. The van der Waals surface area contributed by atoms with E-state index in [1.54, 1.807) is 11.3 Å². The van der Waals surface area contributed by atoms with Crippen LogP contribution in [0.4, 0.5) is 17.2 Å². The molecule has 0 unspecified atom stereocenters. The first-order valence-electron chi connectivity index (χ1n) is 11.4. The van der Waals surface area contributed by atoms with Crippen molar-refractivity contribution in [1.29, 1.82) is 0 Å². The molecule has 0 aliphatic carbocycles. The summed E-state index contributed by atoms with van der Waals surface area (Å²) in [6.07, 6.45) is 3.80. The topological polar surface area (TPSA) is 81.8 Å². The summed E-state index contributed by atoms with van der Waals surface area (Å²) in [5.74, 6) is 0.837. The number of aromatic amines is 1. The molecule has 8 heteroatoms. The molecule has 34 heavy (non-hydrogen) atoms. The van der Waals surface area contributed by atoms with Crippen LogP contribution >= 0.6 is 11.3 Å². The molecule has 0 atom stereocenters. The predicted octanol–water partition coefficient (Wildman–Crippen LogP) is 5.21. The Balaban J connectivity index is 1.24. The Morgan fingerprint density at radius 2 is 1.85 bits per heavy atom. The van der Waals surface area contributed by atoms with Gasteiger partial charge in [0.2, 0.25) is 0 Å². The highest BCUT2D eigenvalue weighted by molar-refractivity contribution is 7.22. The van der Waals surface area contributed by atoms with Crippen molar-refractivity contribution >= 4 is 38.6 Å². The molecule has 1 aromatic carbocycles. The SMILES string of the molecule is Cc1cccc(-c2[nH]ncc2-c2cc3cnc(Nc4ccc(N5CCNCC5)cc4)cc3s2)n1. The number of hydrogen-bond donors (Lipinski definition) is 3. The quantitative estimate of drug-likeness (QED) is 0.329. The molecule has 1 fully saturated rings. The van der Waals surface area contributed by atoms with E-state index in [2.05, 4.69) is 72.1 Å². The Hall–Kier alpha value is -3.75. The zero-order valence-electron chi connectivity index (χ0n) is 18.9. The summed E-state index contributed by atoms with van der Waals surface area (Å²) in [7, 11) is 0. The molecule has 7 nitrogen and oxygen atoms in total. The van der Waals surface area contributed by atoms with Crippen molar-refractivity contribution in [1.82, 2.24) is 25.5 Å². The van der Waals surface area contributed by atoms with Crippen LogP contribution in [0.15, 0.2) is 67.0 Å². The molecule has 0 spiro atoms. The number of thiophene rings is 1. The van der Waals surface area contributed by atoms with Crippen molar-refractivity contribution in [3.05, 3.63) is 72.7 Å². The molecule has 6 rings (SSSR count). The molecular weight excluding hydrogens is 442 g/mol. The van der Waals surface area contributed by atoms with E-state index in [-0.39, 0.29) is 0 Å². The second kappa shape index (κ2) is 8.89. The van der Waals surface area contributed by atoms with Crippen LogP contribution in [0.5, 0.6) is 0 Å². The van der Waals surface area contributed by atoms with Gasteiger partial charge in [0, 0.05) is 70.0 Å². The van der Waals surface area contributed by atoms with Crippen LogP contribution < -0.4 is 15.5 Å². The fraction of sp³-hybridized carbons (Fsp3) is 0.192. The van der Waals surface area contributed by atoms with Crippen LogP contribution in [-0.2, 0) is 0 Å². The number of H-pyrrole nitrogens is 1. The maximum atomic E-state index is 4.66. The normalized spacial score (nSPS) is 14.0. The van der Waals surface area contributed by atoms with Gasteiger partial charge in [-0.25, -0.2) is 4.98 Å². The van der Waals surface area contributed by atoms with Gasteiger partial charge in [-0.05, 0) is 55.5 Å². The minimum atomic E-state index is 0.837. The van der Waals surface area contributed by atoms with Crippen molar-refractivity contribution in [3.8, 4) is 21.8 Å². The lowest BCUT2D eigenvalue weighted by atomic mass is 10.1. The van der Waals surface area contributed by atoms with Crippen molar-refractivity contribution < 1.29 is 0 Å². The zero-order chi connectivity index (χ0) is 22.9. The van der Waals surface area contributed by atoms with Gasteiger partial charge in [-0.3, -0.25) is 10.1 Å². The highest BCUT2D eigenvalue weighted by Crippen LogP contribution is 2.38. The molecule has 5 aromatic rings. The third kappa shape index (κ3) is 4.13. The second-order valence-corrected chi connectivity index (χ2v) is 9.53. The number of fused-ring (bicyclic) bond motifs is 1. The molecule has 0 amide bonds. The van der Waals surface area contributed by atoms with Gasteiger partial charge < -0.3 is 15.5 Å². The second-order valence-electron chi connectivity index (χ2n) is 8.45. The van der Waals surface area contributed by atoms with Gasteiger partial charge in [0.1, 0.15) is 5.82 Å². The number of rotatable bonds is 5. The van der Waals surface area contributed by atoms with Crippen LogP contribution in [-0.4, -0.2) is 46.3 Å². The molecule has 1 aliphatic heterocycles. The number of nitrogens with zero attached hydrogens (tertiary/aromatic N) is 4. The van der Waals surface area contributed by atoms with E-state index in [0.29, 0.717) is 0 Å². The summed E-state index contributed by atoms with van der Waals surface area (Å²) in [6, 6.07) is 18.9. The largest absolute Gasteiger partial charge is 0.369 e. The average molecular weight is 468 g/mol. The summed E-state index contributed by atoms with van der Waals surface area (Å²) < 4.78 is 1.18. The lowest BCUT2D eigenvalue weighted by molar-refractivity contribution is 0.589. The minimum absolute atomic E-state index is 0.837. The molecule has 170 valence electrons. The number of nitrogens with one attached hydrogen (secondary N) is 3. The maximum absolute atomic E-state index is 4.66. The first-order valence-corrected chi connectivity index (χ1v) is 12.2. The minimum Gasteiger partial charge on any atom is -0.369 e. The molecule has 0 saturated carbocycles. The van der Waals surface area contributed by atoms with Gasteiger partial charge in [0.05, 0.1) is 17.6 Å². The summed E-state index contributed by atoms with van der Waals surface area (Å²) in [5, 5.41) is 15.4. The monoisotopic (exact) mass is 467 g/mol. The summed E-state index contributed by atoms with van der Waals surface area (Å²) >= 11 is 1.73. The van der Waals surface area contributed by atoms with E-state index in [0.717, 1.165) is 70.6 Å². The predicted molar refractivity (Wildman–Crippen MR) is 140 cm³/mol. The number of benzene rings is 1. The van der Waals surface area contributed by atoms with Crippen molar-refractivity contribution in [3.63, 3.8) is 0 Å². The molecular formula is C26H25N7S. The molecule has 0 bridgehead atoms. The van der Waals surface area contributed by atoms with Crippen LogP contribution in [0.25, 0.3) is 31.9 Å². The van der Waals surface area contributed by atoms with E-state index in [1.807, 2.05) is 37.5 Å². The van der Waals surface area contributed by atoms with Gasteiger partial charge in [0.25, 0.3) is 0 Å². The fourth-order valence-electron chi connectivity index (χ4n) is 4.31. The lowest BCUT2D eigenvalue weighted by Gasteiger charge is -2.29. The Labute approximate surface area is 201 Å². The number of aromatic nitrogens is 4. The molecule has 0 radical (unpaired) electrons.